The van der Waals surface area contributed by atoms with Crippen molar-refractivity contribution in [1.82, 2.24) is 15.3 Å². The maximum absolute atomic E-state index is 12.5. The minimum atomic E-state index is -4.30. The predicted molar refractivity (Wildman–Crippen MR) is 73.6 cm³/mol. The van der Waals surface area contributed by atoms with Crippen LogP contribution < -0.4 is 5.32 Å². The van der Waals surface area contributed by atoms with Crippen molar-refractivity contribution < 1.29 is 13.2 Å². The number of aromatic nitrogens is 2. The predicted octanol–water partition coefficient (Wildman–Crippen LogP) is 3.39. The van der Waals surface area contributed by atoms with E-state index >= 15 is 0 Å². The Kier molecular flexibility index (Phi) is 4.90. The number of alkyl halides is 3. The maximum Gasteiger partial charge on any atom is 0.416 e. The van der Waals surface area contributed by atoms with Gasteiger partial charge in [-0.15, -0.1) is 0 Å². The van der Waals surface area contributed by atoms with Gasteiger partial charge in [-0.05, 0) is 36.7 Å². The Labute approximate surface area is 121 Å². The normalized spacial score (nSPS) is 13.1. The van der Waals surface area contributed by atoms with Gasteiger partial charge in [0.25, 0.3) is 0 Å². The molecule has 0 saturated heterocycles. The molecule has 0 aliphatic carbocycles. The number of halogens is 3. The van der Waals surface area contributed by atoms with Gasteiger partial charge in [-0.25, -0.2) is 9.97 Å². The van der Waals surface area contributed by atoms with Gasteiger partial charge in [-0.3, -0.25) is 0 Å². The second kappa shape index (κ2) is 6.67. The van der Waals surface area contributed by atoms with E-state index in [1.807, 2.05) is 6.92 Å². The van der Waals surface area contributed by atoms with Gasteiger partial charge in [-0.2, -0.15) is 13.2 Å². The zero-order valence-corrected chi connectivity index (χ0v) is 11.6. The molecule has 1 heterocycles. The molecular formula is C15H16F3N3. The lowest BCUT2D eigenvalue weighted by molar-refractivity contribution is -0.137. The molecule has 0 spiro atoms. The molecule has 0 aliphatic heterocycles. The van der Waals surface area contributed by atoms with Crippen molar-refractivity contribution in [3.05, 3.63) is 59.7 Å². The van der Waals surface area contributed by atoms with Crippen LogP contribution in [0.3, 0.4) is 0 Å². The van der Waals surface area contributed by atoms with Crippen LogP contribution in [0.2, 0.25) is 0 Å². The van der Waals surface area contributed by atoms with Gasteiger partial charge in [0.1, 0.15) is 5.82 Å². The Hall–Kier alpha value is -1.95. The van der Waals surface area contributed by atoms with Crippen molar-refractivity contribution in [2.45, 2.75) is 25.6 Å². The van der Waals surface area contributed by atoms with E-state index < -0.39 is 11.7 Å². The summed E-state index contributed by atoms with van der Waals surface area (Å²) >= 11 is 0. The molecule has 3 nitrogen and oxygen atoms in total. The lowest BCUT2D eigenvalue weighted by Crippen LogP contribution is -2.24. The molecule has 0 saturated carbocycles. The highest BCUT2D eigenvalue weighted by Gasteiger charge is 2.30. The molecule has 2 rings (SSSR count). The minimum Gasteiger partial charge on any atom is -0.307 e. The highest BCUT2D eigenvalue weighted by atomic mass is 19.4. The summed E-state index contributed by atoms with van der Waals surface area (Å²) in [5.74, 6) is 0.638. The highest BCUT2D eigenvalue weighted by Crippen LogP contribution is 2.29. The first-order valence-corrected chi connectivity index (χ1v) is 6.67. The summed E-state index contributed by atoms with van der Waals surface area (Å²) in [6.45, 7) is 2.69. The summed E-state index contributed by atoms with van der Waals surface area (Å²) in [6.07, 6.45) is -0.461. The molecular weight excluding hydrogens is 279 g/mol. The molecule has 21 heavy (non-hydrogen) atoms. The number of rotatable bonds is 5. The molecule has 6 heteroatoms. The van der Waals surface area contributed by atoms with Crippen molar-refractivity contribution in [1.29, 1.82) is 0 Å². The van der Waals surface area contributed by atoms with Gasteiger partial charge < -0.3 is 5.32 Å². The second-order valence-corrected chi connectivity index (χ2v) is 4.62. The SMILES string of the molecule is CCNC(Cc1ccc(C(F)(F)F)cc1)c1ncccn1. The molecule has 1 unspecified atom stereocenters. The van der Waals surface area contributed by atoms with Gasteiger partial charge in [0, 0.05) is 12.4 Å². The standard InChI is InChI=1S/C15H16F3N3/c1-2-19-13(14-20-8-3-9-21-14)10-11-4-6-12(7-5-11)15(16,17)18/h3-9,13,19H,2,10H2,1H3. The van der Waals surface area contributed by atoms with Crippen LogP contribution in [0.1, 0.15) is 29.9 Å². The summed E-state index contributed by atoms with van der Waals surface area (Å²) in [6, 6.07) is 6.80. The van der Waals surface area contributed by atoms with Crippen LogP contribution in [0.5, 0.6) is 0 Å². The summed E-state index contributed by atoms with van der Waals surface area (Å²) in [7, 11) is 0. The Morgan fingerprint density at radius 3 is 2.24 bits per heavy atom. The smallest absolute Gasteiger partial charge is 0.307 e. The maximum atomic E-state index is 12.5. The Morgan fingerprint density at radius 2 is 1.71 bits per heavy atom. The van der Waals surface area contributed by atoms with Gasteiger partial charge in [-0.1, -0.05) is 19.1 Å². The molecule has 0 fully saturated rings. The van der Waals surface area contributed by atoms with Crippen molar-refractivity contribution in [3.8, 4) is 0 Å². The van der Waals surface area contributed by atoms with Gasteiger partial charge >= 0.3 is 6.18 Å². The first kappa shape index (κ1) is 15.4. The Bertz CT molecular complexity index is 553. The summed E-state index contributed by atoms with van der Waals surface area (Å²) < 4.78 is 37.6. The molecule has 0 aliphatic rings. The van der Waals surface area contributed by atoms with Crippen LogP contribution in [0.4, 0.5) is 13.2 Å². The van der Waals surface area contributed by atoms with Crippen LogP contribution >= 0.6 is 0 Å². The quantitative estimate of drug-likeness (QED) is 0.919. The number of nitrogens with zero attached hydrogens (tertiary/aromatic N) is 2. The highest BCUT2D eigenvalue weighted by molar-refractivity contribution is 5.25. The largest absolute Gasteiger partial charge is 0.416 e. The van der Waals surface area contributed by atoms with Crippen LogP contribution in [0, 0.1) is 0 Å². The topological polar surface area (TPSA) is 37.8 Å². The molecule has 0 radical (unpaired) electrons. The second-order valence-electron chi connectivity index (χ2n) is 4.62. The zero-order chi connectivity index (χ0) is 15.3. The van der Waals surface area contributed by atoms with E-state index in [0.717, 1.165) is 24.2 Å². The average molecular weight is 295 g/mol. The van der Waals surface area contributed by atoms with Crippen molar-refractivity contribution >= 4 is 0 Å². The van der Waals surface area contributed by atoms with Crippen LogP contribution in [-0.4, -0.2) is 16.5 Å². The minimum absolute atomic E-state index is 0.118. The van der Waals surface area contributed by atoms with Crippen LogP contribution in [0.15, 0.2) is 42.7 Å². The zero-order valence-electron chi connectivity index (χ0n) is 11.6. The average Bonchev–Trinajstić information content (AvgIpc) is 2.47. The summed E-state index contributed by atoms with van der Waals surface area (Å²) in [5, 5.41) is 3.25. The van der Waals surface area contributed by atoms with Crippen LogP contribution in [-0.2, 0) is 12.6 Å². The number of likely N-dealkylation sites (N-methyl/N-ethyl adjacent to an activating group) is 1. The lowest BCUT2D eigenvalue weighted by atomic mass is 10.0. The first-order chi connectivity index (χ1) is 10.0. The van der Waals surface area contributed by atoms with E-state index in [4.69, 9.17) is 0 Å². The van der Waals surface area contributed by atoms with E-state index in [0.29, 0.717) is 12.2 Å². The molecule has 0 amide bonds. The number of hydrogen-bond donors (Lipinski definition) is 1. The number of benzene rings is 1. The Morgan fingerprint density at radius 1 is 1.10 bits per heavy atom. The third-order valence-electron chi connectivity index (χ3n) is 3.07. The monoisotopic (exact) mass is 295 g/mol. The number of hydrogen-bond acceptors (Lipinski definition) is 3. The molecule has 1 N–H and O–H groups in total. The summed E-state index contributed by atoms with van der Waals surface area (Å²) in [5.41, 5.74) is 0.170. The van der Waals surface area contributed by atoms with E-state index in [2.05, 4.69) is 15.3 Å². The molecule has 112 valence electrons. The van der Waals surface area contributed by atoms with E-state index in [1.54, 1.807) is 18.5 Å². The van der Waals surface area contributed by atoms with Gasteiger partial charge in [0.05, 0.1) is 11.6 Å². The fraction of sp³-hybridized carbons (Fsp3) is 0.333. The molecule has 1 aromatic carbocycles. The Balaban J connectivity index is 2.14. The van der Waals surface area contributed by atoms with Gasteiger partial charge in [0.15, 0.2) is 0 Å². The molecule has 1 atom stereocenters. The van der Waals surface area contributed by atoms with Crippen molar-refractivity contribution in [2.24, 2.45) is 0 Å². The fourth-order valence-corrected chi connectivity index (χ4v) is 2.06. The first-order valence-electron chi connectivity index (χ1n) is 6.67. The third-order valence-corrected chi connectivity index (χ3v) is 3.07. The van der Waals surface area contributed by atoms with Gasteiger partial charge in [0.2, 0.25) is 0 Å². The molecule has 1 aromatic heterocycles. The number of nitrogens with one attached hydrogen (secondary N) is 1. The summed E-state index contributed by atoms with van der Waals surface area (Å²) in [4.78, 5) is 8.39. The molecule has 0 bridgehead atoms. The van der Waals surface area contributed by atoms with Crippen molar-refractivity contribution in [2.75, 3.05) is 6.54 Å². The fourth-order valence-electron chi connectivity index (χ4n) is 2.06. The third kappa shape index (κ3) is 4.26. The van der Waals surface area contributed by atoms with Crippen molar-refractivity contribution in [3.63, 3.8) is 0 Å². The molecule has 2 aromatic rings. The van der Waals surface area contributed by atoms with Crippen LogP contribution in [0.25, 0.3) is 0 Å². The van der Waals surface area contributed by atoms with E-state index in [1.165, 1.54) is 12.1 Å². The van der Waals surface area contributed by atoms with E-state index in [-0.39, 0.29) is 6.04 Å². The van der Waals surface area contributed by atoms with E-state index in [9.17, 15) is 13.2 Å². The lowest BCUT2D eigenvalue weighted by Gasteiger charge is -2.16.